The molecule has 0 aromatic heterocycles. The zero-order chi connectivity index (χ0) is 22.2. The number of nitro benzene ring substituents is 1. The fourth-order valence-electron chi connectivity index (χ4n) is 3.12. The van der Waals surface area contributed by atoms with Crippen molar-refractivity contribution in [1.82, 2.24) is 0 Å². The largest absolute Gasteiger partial charge is 0.269 e. The molecule has 0 aliphatic rings. The minimum Gasteiger partial charge on any atom is -0.258 e. The summed E-state index contributed by atoms with van der Waals surface area (Å²) in [6.07, 6.45) is 1.66. The Labute approximate surface area is 185 Å². The third-order valence-electron chi connectivity index (χ3n) is 4.75. The van der Waals surface area contributed by atoms with Crippen molar-refractivity contribution in [2.45, 2.75) is 0 Å². The number of hydrogen-bond donors (Lipinski definition) is 0. The minimum atomic E-state index is -0.422. The number of hydrogen-bond acceptors (Lipinski definition) is 4. The van der Waals surface area contributed by atoms with Crippen molar-refractivity contribution in [3.8, 4) is 0 Å². The molecule has 154 valence electrons. The second-order valence-corrected chi connectivity index (χ2v) is 6.93. The van der Waals surface area contributed by atoms with Gasteiger partial charge in [-0.25, -0.2) is 4.99 Å². The Balaban J connectivity index is 1.70. The molecule has 0 amide bonds. The van der Waals surface area contributed by atoms with Crippen molar-refractivity contribution < 1.29 is 4.92 Å². The Hall–Kier alpha value is -4.60. The number of non-ortho nitro benzene ring substituents is 1. The number of nitrogens with zero attached hydrogens (tertiary/aromatic N) is 3. The van der Waals surface area contributed by atoms with Gasteiger partial charge in [0.15, 0.2) is 0 Å². The summed E-state index contributed by atoms with van der Waals surface area (Å²) in [6.45, 7) is 0. The first-order chi connectivity index (χ1) is 15.7. The molecule has 0 N–H and O–H groups in total. The fraction of sp³-hybridized carbons (Fsp3) is 0. The molecule has 0 radical (unpaired) electrons. The second kappa shape index (κ2) is 9.94. The van der Waals surface area contributed by atoms with Crippen LogP contribution in [0.2, 0.25) is 0 Å². The van der Waals surface area contributed by atoms with Gasteiger partial charge in [-0.3, -0.25) is 15.1 Å². The predicted octanol–water partition coefficient (Wildman–Crippen LogP) is 6.78. The van der Waals surface area contributed by atoms with Crippen LogP contribution in [0.1, 0.15) is 16.7 Å². The maximum Gasteiger partial charge on any atom is 0.269 e. The van der Waals surface area contributed by atoms with E-state index in [1.165, 1.54) is 12.1 Å². The van der Waals surface area contributed by atoms with Gasteiger partial charge in [-0.2, -0.15) is 0 Å². The zero-order valence-electron chi connectivity index (χ0n) is 17.1. The van der Waals surface area contributed by atoms with Crippen LogP contribution < -0.4 is 0 Å². The quantitative estimate of drug-likeness (QED) is 0.197. The molecule has 0 aliphatic carbocycles. The lowest BCUT2D eigenvalue weighted by atomic mass is 9.99. The first-order valence-corrected chi connectivity index (χ1v) is 10.0. The van der Waals surface area contributed by atoms with Gasteiger partial charge in [0.2, 0.25) is 0 Å². The molecule has 5 heteroatoms. The van der Waals surface area contributed by atoms with Gasteiger partial charge >= 0.3 is 0 Å². The Kier molecular flexibility index (Phi) is 6.42. The Bertz CT molecular complexity index is 1260. The van der Waals surface area contributed by atoms with E-state index in [-0.39, 0.29) is 5.69 Å². The smallest absolute Gasteiger partial charge is 0.258 e. The summed E-state index contributed by atoms with van der Waals surface area (Å²) in [5.41, 5.74) is 5.10. The van der Waals surface area contributed by atoms with Crippen LogP contribution in [0.5, 0.6) is 0 Å². The lowest BCUT2D eigenvalue weighted by Crippen LogP contribution is -1.88. The van der Waals surface area contributed by atoms with Crippen molar-refractivity contribution in [1.29, 1.82) is 0 Å². The van der Waals surface area contributed by atoms with Crippen LogP contribution in [0.15, 0.2) is 119 Å². The minimum absolute atomic E-state index is 0.0478. The van der Waals surface area contributed by atoms with Crippen molar-refractivity contribution in [2.75, 3.05) is 0 Å². The van der Waals surface area contributed by atoms with Gasteiger partial charge in [0.25, 0.3) is 5.69 Å². The summed E-state index contributed by atoms with van der Waals surface area (Å²) in [4.78, 5) is 19.6. The molecule has 4 aromatic carbocycles. The number of benzene rings is 4. The summed E-state index contributed by atoms with van der Waals surface area (Å²) in [6, 6.07) is 33.8. The molecule has 0 unspecified atom stereocenters. The van der Waals surface area contributed by atoms with Gasteiger partial charge < -0.3 is 0 Å². The lowest BCUT2D eigenvalue weighted by molar-refractivity contribution is -0.384. The Morgan fingerprint density at radius 2 is 1.25 bits per heavy atom. The molecule has 0 saturated carbocycles. The summed E-state index contributed by atoms with van der Waals surface area (Å²) in [7, 11) is 0. The first-order valence-electron chi connectivity index (χ1n) is 10.0. The van der Waals surface area contributed by atoms with Crippen LogP contribution in [0.4, 0.5) is 17.1 Å². The van der Waals surface area contributed by atoms with Crippen molar-refractivity contribution >= 4 is 34.7 Å². The molecule has 0 atom stereocenters. The Morgan fingerprint density at radius 1 is 0.719 bits per heavy atom. The van der Waals surface area contributed by atoms with Gasteiger partial charge in [-0.05, 0) is 46.8 Å². The maximum atomic E-state index is 10.8. The fourth-order valence-corrected chi connectivity index (χ4v) is 3.12. The summed E-state index contributed by atoms with van der Waals surface area (Å²) < 4.78 is 0. The van der Waals surface area contributed by atoms with E-state index < -0.39 is 4.92 Å². The predicted molar refractivity (Wildman–Crippen MR) is 129 cm³/mol. The van der Waals surface area contributed by atoms with Crippen molar-refractivity contribution in [3.63, 3.8) is 0 Å². The molecule has 0 heterocycles. The van der Waals surface area contributed by atoms with Crippen LogP contribution in [0, 0.1) is 10.1 Å². The van der Waals surface area contributed by atoms with Crippen LogP contribution >= 0.6 is 0 Å². The third kappa shape index (κ3) is 5.11. The molecule has 0 saturated heterocycles. The van der Waals surface area contributed by atoms with Gasteiger partial charge in [0.05, 0.1) is 21.9 Å². The molecule has 0 fully saturated rings. The highest BCUT2D eigenvalue weighted by atomic mass is 16.6. The van der Waals surface area contributed by atoms with Gasteiger partial charge in [0.1, 0.15) is 0 Å². The zero-order valence-corrected chi connectivity index (χ0v) is 17.1. The highest BCUT2D eigenvalue weighted by molar-refractivity contribution is 5.99. The maximum absolute atomic E-state index is 10.8. The number of aliphatic imine (C=N–C) groups is 2. The first kappa shape index (κ1) is 20.7. The van der Waals surface area contributed by atoms with Crippen LogP contribution in [0.3, 0.4) is 0 Å². The van der Waals surface area contributed by atoms with Crippen LogP contribution in [0.25, 0.3) is 5.57 Å². The lowest BCUT2D eigenvalue weighted by Gasteiger charge is -2.05. The van der Waals surface area contributed by atoms with Crippen LogP contribution in [-0.2, 0) is 0 Å². The van der Waals surface area contributed by atoms with E-state index in [0.29, 0.717) is 11.4 Å². The number of nitro groups is 1. The summed E-state index contributed by atoms with van der Waals surface area (Å²) in [5, 5.41) is 10.8. The van der Waals surface area contributed by atoms with Crippen molar-refractivity contribution in [2.24, 2.45) is 9.98 Å². The molecule has 0 spiro atoms. The molecular formula is C27H19N3O2. The molecule has 0 aliphatic heterocycles. The van der Waals surface area contributed by atoms with Gasteiger partial charge in [-0.15, -0.1) is 0 Å². The van der Waals surface area contributed by atoms with Gasteiger partial charge in [0, 0.05) is 18.3 Å². The highest BCUT2D eigenvalue weighted by Gasteiger charge is 2.05. The molecule has 4 aromatic rings. The molecule has 32 heavy (non-hydrogen) atoms. The van der Waals surface area contributed by atoms with Crippen molar-refractivity contribution in [3.05, 3.63) is 136 Å². The Morgan fingerprint density at radius 3 is 1.81 bits per heavy atom. The number of para-hydroxylation sites is 2. The monoisotopic (exact) mass is 417 g/mol. The topological polar surface area (TPSA) is 67.9 Å². The average Bonchev–Trinajstić information content (AvgIpc) is 2.85. The van der Waals surface area contributed by atoms with E-state index in [1.54, 1.807) is 18.3 Å². The van der Waals surface area contributed by atoms with E-state index >= 15 is 0 Å². The summed E-state index contributed by atoms with van der Waals surface area (Å²) >= 11 is 0. The third-order valence-corrected chi connectivity index (χ3v) is 4.75. The van der Waals surface area contributed by atoms with Gasteiger partial charge in [-0.1, -0.05) is 72.8 Å². The van der Waals surface area contributed by atoms with E-state index in [4.69, 9.17) is 0 Å². The molecule has 4 rings (SSSR count). The summed E-state index contributed by atoms with van der Waals surface area (Å²) in [5.74, 6) is 3.22. The van der Waals surface area contributed by atoms with E-state index in [1.807, 2.05) is 84.9 Å². The second-order valence-electron chi connectivity index (χ2n) is 6.93. The molecule has 5 nitrogen and oxygen atoms in total. The van der Waals surface area contributed by atoms with E-state index in [9.17, 15) is 10.1 Å². The molecular weight excluding hydrogens is 398 g/mol. The highest BCUT2D eigenvalue weighted by Crippen LogP contribution is 2.28. The molecule has 0 bridgehead atoms. The normalized spacial score (nSPS) is 10.5. The van der Waals surface area contributed by atoms with E-state index in [2.05, 4.69) is 15.9 Å². The van der Waals surface area contributed by atoms with E-state index in [0.717, 1.165) is 22.3 Å². The average molecular weight is 417 g/mol. The SMILES string of the molecule is O=[N+]([O-])c1ccc(C=Nc2ccccc2N=C=C(c2ccccc2)c2ccccc2)cc1. The number of rotatable bonds is 6. The van der Waals surface area contributed by atoms with Crippen LogP contribution in [-0.4, -0.2) is 17.0 Å². The standard InChI is InChI=1S/C27H19N3O2/c31-30(32)24-17-15-21(16-18-24)19-28-26-13-7-8-14-27(26)29-20-25(22-9-3-1-4-10-22)23-11-5-2-6-12-23/h1-19H.